The molecule has 0 N–H and O–H groups in total. The third kappa shape index (κ3) is 3.80. The van der Waals surface area contributed by atoms with Crippen molar-refractivity contribution >= 4 is 17.4 Å². The molecule has 3 aromatic heterocycles. The lowest BCUT2D eigenvalue weighted by Crippen LogP contribution is -2.58. The predicted molar refractivity (Wildman–Crippen MR) is 119 cm³/mol. The van der Waals surface area contributed by atoms with Crippen LogP contribution < -0.4 is 4.90 Å². The SMILES string of the molecule is Cc1cccn2c(CC(=O)N3CCC4(CC3)CN(c3ccc(C#N)cn3)CCO4)cnc12. The smallest absolute Gasteiger partial charge is 0.228 e. The number of amides is 1. The van der Waals surface area contributed by atoms with Crippen LogP contribution in [0.25, 0.3) is 5.65 Å². The highest BCUT2D eigenvalue weighted by Gasteiger charge is 2.41. The van der Waals surface area contributed by atoms with Crippen LogP contribution in [0.1, 0.15) is 29.7 Å². The van der Waals surface area contributed by atoms with Gasteiger partial charge in [0, 0.05) is 44.8 Å². The number of pyridine rings is 2. The van der Waals surface area contributed by atoms with Crippen LogP contribution in [0.15, 0.2) is 42.9 Å². The van der Waals surface area contributed by atoms with Crippen molar-refractivity contribution in [3.8, 4) is 6.07 Å². The zero-order chi connectivity index (χ0) is 22.1. The summed E-state index contributed by atoms with van der Waals surface area (Å²) in [5.41, 5.74) is 3.22. The Kier molecular flexibility index (Phi) is 5.27. The molecule has 1 spiro atoms. The Balaban J connectivity index is 1.22. The minimum Gasteiger partial charge on any atom is -0.371 e. The topological polar surface area (TPSA) is 86.8 Å². The van der Waals surface area contributed by atoms with Crippen LogP contribution in [0.5, 0.6) is 0 Å². The number of fused-ring (bicyclic) bond motifs is 1. The largest absolute Gasteiger partial charge is 0.371 e. The van der Waals surface area contributed by atoms with Crippen LogP contribution in [-0.2, 0) is 16.0 Å². The Bertz CT molecular complexity index is 1170. The van der Waals surface area contributed by atoms with E-state index in [4.69, 9.17) is 10.00 Å². The quantitative estimate of drug-likeness (QED) is 0.634. The van der Waals surface area contributed by atoms with Gasteiger partial charge in [0.25, 0.3) is 0 Å². The molecule has 2 aliphatic heterocycles. The lowest BCUT2D eigenvalue weighted by atomic mass is 9.89. The molecular formula is C24H26N6O2. The molecule has 0 aromatic carbocycles. The molecule has 5 rings (SSSR count). The van der Waals surface area contributed by atoms with E-state index in [9.17, 15) is 4.79 Å². The second-order valence-electron chi connectivity index (χ2n) is 8.66. The van der Waals surface area contributed by atoms with E-state index in [1.54, 1.807) is 18.5 Å². The van der Waals surface area contributed by atoms with Gasteiger partial charge in [0.1, 0.15) is 17.5 Å². The number of ether oxygens (including phenoxy) is 1. The van der Waals surface area contributed by atoms with Crippen LogP contribution in [0.2, 0.25) is 0 Å². The average molecular weight is 431 g/mol. The van der Waals surface area contributed by atoms with E-state index in [1.165, 1.54) is 0 Å². The summed E-state index contributed by atoms with van der Waals surface area (Å²) in [5, 5.41) is 8.99. The van der Waals surface area contributed by atoms with E-state index in [-0.39, 0.29) is 11.5 Å². The fraction of sp³-hybridized carbons (Fsp3) is 0.417. The number of aromatic nitrogens is 3. The molecule has 2 fully saturated rings. The summed E-state index contributed by atoms with van der Waals surface area (Å²) in [4.78, 5) is 26.1. The first-order valence-electron chi connectivity index (χ1n) is 11.0. The number of carbonyl (C=O) groups excluding carboxylic acids is 1. The van der Waals surface area contributed by atoms with Crippen molar-refractivity contribution in [2.45, 2.75) is 31.8 Å². The van der Waals surface area contributed by atoms with Gasteiger partial charge in [0.05, 0.1) is 29.9 Å². The minimum absolute atomic E-state index is 0.129. The summed E-state index contributed by atoms with van der Waals surface area (Å²) in [7, 11) is 0. The molecular weight excluding hydrogens is 404 g/mol. The summed E-state index contributed by atoms with van der Waals surface area (Å²) in [6.45, 7) is 5.56. The van der Waals surface area contributed by atoms with Crippen LogP contribution in [0.3, 0.4) is 0 Å². The highest BCUT2D eigenvalue weighted by molar-refractivity contribution is 5.78. The van der Waals surface area contributed by atoms with Gasteiger partial charge in [-0.2, -0.15) is 5.26 Å². The molecule has 3 aromatic rings. The van der Waals surface area contributed by atoms with E-state index < -0.39 is 0 Å². The number of morpholine rings is 1. The van der Waals surface area contributed by atoms with Gasteiger partial charge in [-0.05, 0) is 43.5 Å². The van der Waals surface area contributed by atoms with Crippen LogP contribution in [0.4, 0.5) is 5.82 Å². The molecule has 2 saturated heterocycles. The van der Waals surface area contributed by atoms with Crippen LogP contribution in [0, 0.1) is 18.3 Å². The molecule has 164 valence electrons. The number of piperidine rings is 1. The number of rotatable bonds is 3. The van der Waals surface area contributed by atoms with Gasteiger partial charge >= 0.3 is 0 Å². The highest BCUT2D eigenvalue weighted by atomic mass is 16.5. The number of imidazole rings is 1. The van der Waals surface area contributed by atoms with E-state index in [0.29, 0.717) is 31.7 Å². The third-order valence-corrected chi connectivity index (χ3v) is 6.62. The third-order valence-electron chi connectivity index (χ3n) is 6.62. The summed E-state index contributed by atoms with van der Waals surface area (Å²) in [5.74, 6) is 0.998. The van der Waals surface area contributed by atoms with Crippen molar-refractivity contribution < 1.29 is 9.53 Å². The molecule has 0 bridgehead atoms. The Labute approximate surface area is 187 Å². The van der Waals surface area contributed by atoms with Crippen molar-refractivity contribution in [2.24, 2.45) is 0 Å². The minimum atomic E-state index is -0.259. The first kappa shape index (κ1) is 20.5. The molecule has 0 unspecified atom stereocenters. The van der Waals surface area contributed by atoms with E-state index >= 15 is 0 Å². The normalized spacial score (nSPS) is 18.1. The van der Waals surface area contributed by atoms with Crippen molar-refractivity contribution in [2.75, 3.05) is 37.7 Å². The zero-order valence-corrected chi connectivity index (χ0v) is 18.2. The van der Waals surface area contributed by atoms with E-state index in [0.717, 1.165) is 48.7 Å². The van der Waals surface area contributed by atoms with E-state index in [1.807, 2.05) is 40.6 Å². The molecule has 0 saturated carbocycles. The zero-order valence-electron chi connectivity index (χ0n) is 18.2. The first-order valence-corrected chi connectivity index (χ1v) is 11.0. The lowest BCUT2D eigenvalue weighted by molar-refractivity contribution is -0.138. The predicted octanol–water partition coefficient (Wildman–Crippen LogP) is 2.35. The highest BCUT2D eigenvalue weighted by Crippen LogP contribution is 2.32. The van der Waals surface area contributed by atoms with Crippen LogP contribution in [-0.4, -0.2) is 63.6 Å². The van der Waals surface area contributed by atoms with Gasteiger partial charge in [-0.15, -0.1) is 0 Å². The first-order chi connectivity index (χ1) is 15.6. The van der Waals surface area contributed by atoms with Gasteiger partial charge in [-0.1, -0.05) is 6.07 Å². The number of nitriles is 1. The number of hydrogen-bond acceptors (Lipinski definition) is 6. The molecule has 8 nitrogen and oxygen atoms in total. The van der Waals surface area contributed by atoms with Crippen LogP contribution >= 0.6 is 0 Å². The van der Waals surface area contributed by atoms with Crippen molar-refractivity contribution in [3.05, 3.63) is 59.7 Å². The summed E-state index contributed by atoms with van der Waals surface area (Å²) >= 11 is 0. The number of hydrogen-bond donors (Lipinski definition) is 0. The summed E-state index contributed by atoms with van der Waals surface area (Å²) < 4.78 is 8.24. The second-order valence-corrected chi connectivity index (χ2v) is 8.66. The molecule has 2 aliphatic rings. The Morgan fingerprint density at radius 2 is 2.03 bits per heavy atom. The molecule has 5 heterocycles. The molecule has 0 radical (unpaired) electrons. The van der Waals surface area contributed by atoms with Gasteiger partial charge in [0.15, 0.2) is 0 Å². The van der Waals surface area contributed by atoms with Gasteiger partial charge in [-0.3, -0.25) is 4.79 Å². The Hall–Kier alpha value is -3.44. The average Bonchev–Trinajstić information content (AvgIpc) is 3.24. The van der Waals surface area contributed by atoms with Gasteiger partial charge in [-0.25, -0.2) is 9.97 Å². The number of aryl methyl sites for hydroxylation is 1. The van der Waals surface area contributed by atoms with Crippen molar-refractivity contribution in [3.63, 3.8) is 0 Å². The molecule has 0 aliphatic carbocycles. The van der Waals surface area contributed by atoms with Crippen molar-refractivity contribution in [1.29, 1.82) is 5.26 Å². The standard InChI is InChI=1S/C24H26N6O2/c1-18-3-2-8-30-20(16-27-23(18)30)13-22(31)28-9-6-24(7-10-28)17-29(11-12-32-24)21-5-4-19(14-25)15-26-21/h2-5,8,15-16H,6-7,9-13,17H2,1H3. The molecule has 1 amide bonds. The Morgan fingerprint density at radius 1 is 1.19 bits per heavy atom. The second kappa shape index (κ2) is 8.24. The van der Waals surface area contributed by atoms with Gasteiger partial charge in [0.2, 0.25) is 5.91 Å². The number of likely N-dealkylation sites (tertiary alicyclic amines) is 1. The Morgan fingerprint density at radius 3 is 2.78 bits per heavy atom. The lowest BCUT2D eigenvalue weighted by Gasteiger charge is -2.47. The molecule has 0 atom stereocenters. The number of nitrogens with zero attached hydrogens (tertiary/aromatic N) is 6. The monoisotopic (exact) mass is 430 g/mol. The summed E-state index contributed by atoms with van der Waals surface area (Å²) in [6.07, 6.45) is 7.33. The maximum Gasteiger partial charge on any atom is 0.228 e. The van der Waals surface area contributed by atoms with Crippen molar-refractivity contribution in [1.82, 2.24) is 19.3 Å². The molecule has 32 heavy (non-hydrogen) atoms. The van der Waals surface area contributed by atoms with Gasteiger partial charge < -0.3 is 18.9 Å². The fourth-order valence-electron chi connectivity index (χ4n) is 4.75. The maximum absolute atomic E-state index is 13.0. The summed E-state index contributed by atoms with van der Waals surface area (Å²) in [6, 6.07) is 9.81. The van der Waals surface area contributed by atoms with E-state index in [2.05, 4.69) is 20.9 Å². The fourth-order valence-corrected chi connectivity index (χ4v) is 4.75. The number of anilines is 1. The number of carbonyl (C=O) groups is 1. The maximum atomic E-state index is 13.0. The molecule has 8 heteroatoms.